The number of benzene rings is 1. The van der Waals surface area contributed by atoms with Crippen molar-refractivity contribution < 1.29 is 23.1 Å². The molecule has 6 rings (SSSR count). The number of carbonyl (C=O) groups excluding carboxylic acids is 2. The smallest absolute Gasteiger partial charge is 0.333 e. The summed E-state index contributed by atoms with van der Waals surface area (Å²) in [5.74, 6) is -0.703. The highest BCUT2D eigenvalue weighted by Gasteiger charge is 2.54. The molecule has 4 aromatic rings. The van der Waals surface area contributed by atoms with Crippen LogP contribution in [0, 0.1) is 16.7 Å². The molecule has 2 fully saturated rings. The van der Waals surface area contributed by atoms with Crippen molar-refractivity contribution in [3.05, 3.63) is 60.2 Å². The molecular formula is C29H28F2N8O3. The Kier molecular flexibility index (Phi) is 6.44. The summed E-state index contributed by atoms with van der Waals surface area (Å²) in [5, 5.41) is 21.7. The molecule has 42 heavy (non-hydrogen) atoms. The second-order valence-corrected chi connectivity index (χ2v) is 11.6. The fourth-order valence-corrected chi connectivity index (χ4v) is 6.02. The zero-order valence-corrected chi connectivity index (χ0v) is 22.9. The Balaban J connectivity index is 1.15. The molecule has 0 saturated heterocycles. The van der Waals surface area contributed by atoms with Crippen LogP contribution in [0.1, 0.15) is 66.9 Å². The van der Waals surface area contributed by atoms with Crippen LogP contribution >= 0.6 is 0 Å². The topological polar surface area (TPSA) is 154 Å². The lowest BCUT2D eigenvalue weighted by molar-refractivity contribution is -0.0848. The average Bonchev–Trinajstić information content (AvgIpc) is 3.56. The van der Waals surface area contributed by atoms with E-state index in [1.165, 1.54) is 17.1 Å². The summed E-state index contributed by atoms with van der Waals surface area (Å²) >= 11 is 0. The van der Waals surface area contributed by atoms with E-state index in [2.05, 4.69) is 26.6 Å². The molecule has 2 aliphatic rings. The van der Waals surface area contributed by atoms with Crippen molar-refractivity contribution in [3.63, 3.8) is 0 Å². The van der Waals surface area contributed by atoms with Gasteiger partial charge in [-0.15, -0.1) is 0 Å². The number of halogens is 2. The maximum atomic E-state index is 13.4. The van der Waals surface area contributed by atoms with E-state index in [9.17, 15) is 23.6 Å². The van der Waals surface area contributed by atoms with E-state index in [0.717, 1.165) is 25.7 Å². The zero-order chi connectivity index (χ0) is 29.8. The van der Waals surface area contributed by atoms with Crippen LogP contribution < -0.4 is 15.8 Å². The zero-order valence-electron chi connectivity index (χ0n) is 22.9. The predicted octanol–water partition coefficient (Wildman–Crippen LogP) is 4.17. The van der Waals surface area contributed by atoms with Crippen LogP contribution in [0.2, 0.25) is 0 Å². The minimum Gasteiger partial charge on any atom is -0.474 e. The number of fused-ring (bicyclic) bond motifs is 1. The van der Waals surface area contributed by atoms with Gasteiger partial charge in [-0.25, -0.2) is 14.3 Å². The molecule has 1 spiro atoms. The van der Waals surface area contributed by atoms with Gasteiger partial charge in [-0.3, -0.25) is 9.59 Å². The Labute approximate surface area is 239 Å². The number of primary amides is 1. The second-order valence-electron chi connectivity index (χ2n) is 11.6. The number of pyridine rings is 1. The highest BCUT2D eigenvalue weighted by Crippen LogP contribution is 2.56. The van der Waals surface area contributed by atoms with Crippen LogP contribution in [0.5, 0.6) is 5.88 Å². The summed E-state index contributed by atoms with van der Waals surface area (Å²) in [4.78, 5) is 29.2. The van der Waals surface area contributed by atoms with Gasteiger partial charge in [-0.1, -0.05) is 6.07 Å². The van der Waals surface area contributed by atoms with Crippen molar-refractivity contribution in [1.29, 1.82) is 5.26 Å². The monoisotopic (exact) mass is 574 g/mol. The van der Waals surface area contributed by atoms with Gasteiger partial charge in [0.1, 0.15) is 17.2 Å². The van der Waals surface area contributed by atoms with E-state index in [4.69, 9.17) is 10.5 Å². The number of hydrogen-bond donors (Lipinski definition) is 2. The molecule has 2 amide bonds. The Bertz CT molecular complexity index is 1740. The van der Waals surface area contributed by atoms with Gasteiger partial charge in [0.15, 0.2) is 5.69 Å². The van der Waals surface area contributed by atoms with Crippen LogP contribution in [-0.2, 0) is 5.54 Å². The summed E-state index contributed by atoms with van der Waals surface area (Å²) in [7, 11) is 0. The van der Waals surface area contributed by atoms with Crippen molar-refractivity contribution >= 4 is 22.7 Å². The number of nitrogens with two attached hydrogens (primary N) is 1. The minimum absolute atomic E-state index is 0.0434. The van der Waals surface area contributed by atoms with E-state index >= 15 is 0 Å². The van der Waals surface area contributed by atoms with E-state index in [1.54, 1.807) is 50.4 Å². The molecule has 1 aromatic carbocycles. The molecular weight excluding hydrogens is 546 g/mol. The van der Waals surface area contributed by atoms with Crippen molar-refractivity contribution in [2.24, 2.45) is 11.1 Å². The average molecular weight is 575 g/mol. The molecule has 11 nitrogen and oxygen atoms in total. The molecule has 3 N–H and O–H groups in total. The van der Waals surface area contributed by atoms with Gasteiger partial charge >= 0.3 is 6.55 Å². The number of nitrogens with one attached hydrogen (secondary N) is 1. The summed E-state index contributed by atoms with van der Waals surface area (Å²) in [6.45, 7) is 0.607. The third-order valence-electron chi connectivity index (χ3n) is 8.16. The Morgan fingerprint density at radius 2 is 1.98 bits per heavy atom. The van der Waals surface area contributed by atoms with Gasteiger partial charge in [0.2, 0.25) is 5.88 Å². The molecule has 0 radical (unpaired) electrons. The molecule has 2 aliphatic carbocycles. The SMILES string of the molecule is CC(C)(C#N)n1nc(C(=O)N[C@H]2CC3(C2)C[C@H](Oc2ncccc2C(N)=O)C3)c2ccc(-c3cnn(C(F)F)c3)cc21. The van der Waals surface area contributed by atoms with Crippen molar-refractivity contribution in [2.45, 2.75) is 63.8 Å². The van der Waals surface area contributed by atoms with Gasteiger partial charge in [-0.2, -0.15) is 24.2 Å². The second kappa shape index (κ2) is 9.90. The van der Waals surface area contributed by atoms with Gasteiger partial charge in [0.25, 0.3) is 11.8 Å². The fraction of sp³-hybridized carbons (Fsp3) is 0.379. The van der Waals surface area contributed by atoms with Crippen LogP contribution in [0.15, 0.2) is 48.9 Å². The lowest BCUT2D eigenvalue weighted by Gasteiger charge is -2.57. The molecule has 2 saturated carbocycles. The number of alkyl halides is 2. The standard InChI is InChI=1S/C29H28F2N8O3/c1-28(2,15-32)39-22-8-16(17-13-35-38(14-17)27(30)31)5-6-20(22)23(37-39)25(41)36-18-9-29(10-18)11-19(12-29)42-26-21(24(33)40)4-3-7-34-26/h3-8,13-14,18-19,27H,9-12H2,1-2H3,(H2,33,40)(H,36,41)/t18-,19-,29?. The number of nitrogens with zero attached hydrogens (tertiary/aromatic N) is 6. The van der Waals surface area contributed by atoms with Crippen LogP contribution in [0.4, 0.5) is 8.78 Å². The molecule has 0 atom stereocenters. The Morgan fingerprint density at radius 3 is 2.64 bits per heavy atom. The number of rotatable bonds is 8. The van der Waals surface area contributed by atoms with Gasteiger partial charge in [-0.05, 0) is 74.8 Å². The first-order chi connectivity index (χ1) is 20.0. The lowest BCUT2D eigenvalue weighted by Crippen LogP contribution is -2.58. The molecule has 0 aliphatic heterocycles. The number of ether oxygens (including phenoxy) is 1. The Hall–Kier alpha value is -4.86. The van der Waals surface area contributed by atoms with Crippen molar-refractivity contribution in [2.75, 3.05) is 0 Å². The summed E-state index contributed by atoms with van der Waals surface area (Å²) < 4.78 is 34.1. The quantitative estimate of drug-likeness (QED) is 0.320. The van der Waals surface area contributed by atoms with Crippen LogP contribution in [-0.4, -0.2) is 48.5 Å². The summed E-state index contributed by atoms with van der Waals surface area (Å²) in [5.41, 5.74) is 6.45. The lowest BCUT2D eigenvalue weighted by atomic mass is 9.53. The molecule has 0 unspecified atom stereocenters. The largest absolute Gasteiger partial charge is 0.474 e. The number of aromatic nitrogens is 5. The molecule has 216 valence electrons. The first kappa shape index (κ1) is 27.3. The summed E-state index contributed by atoms with van der Waals surface area (Å²) in [6.07, 6.45) is 7.19. The number of nitriles is 1. The molecule has 0 bridgehead atoms. The third-order valence-corrected chi connectivity index (χ3v) is 8.16. The molecule has 3 aromatic heterocycles. The van der Waals surface area contributed by atoms with Gasteiger partial charge in [0.05, 0.1) is 17.8 Å². The fourth-order valence-electron chi connectivity index (χ4n) is 6.02. The van der Waals surface area contributed by atoms with Gasteiger partial charge in [0, 0.05) is 29.4 Å². The third kappa shape index (κ3) is 4.72. The number of hydrogen-bond acceptors (Lipinski definition) is 7. The van der Waals surface area contributed by atoms with Crippen molar-refractivity contribution in [3.8, 4) is 23.1 Å². The first-order valence-electron chi connectivity index (χ1n) is 13.5. The first-order valence-corrected chi connectivity index (χ1v) is 13.5. The van der Waals surface area contributed by atoms with Crippen LogP contribution in [0.3, 0.4) is 0 Å². The highest BCUT2D eigenvalue weighted by molar-refractivity contribution is 6.06. The van der Waals surface area contributed by atoms with E-state index < -0.39 is 18.0 Å². The van der Waals surface area contributed by atoms with E-state index in [-0.39, 0.29) is 40.6 Å². The summed E-state index contributed by atoms with van der Waals surface area (Å²) in [6, 6.07) is 10.5. The Morgan fingerprint density at radius 1 is 1.21 bits per heavy atom. The number of amides is 2. The van der Waals surface area contributed by atoms with Crippen molar-refractivity contribution in [1.82, 2.24) is 29.9 Å². The maximum absolute atomic E-state index is 13.4. The van der Waals surface area contributed by atoms with Crippen LogP contribution in [0.25, 0.3) is 22.0 Å². The predicted molar refractivity (Wildman–Crippen MR) is 146 cm³/mol. The van der Waals surface area contributed by atoms with E-state index in [1.807, 2.05) is 0 Å². The van der Waals surface area contributed by atoms with E-state index in [0.29, 0.717) is 26.7 Å². The highest BCUT2D eigenvalue weighted by atomic mass is 19.3. The van der Waals surface area contributed by atoms with Gasteiger partial charge < -0.3 is 15.8 Å². The number of carbonyl (C=O) groups is 2. The molecule has 13 heteroatoms. The normalized spacial score (nSPS) is 21.5. The molecule has 3 heterocycles. The minimum atomic E-state index is -2.76. The maximum Gasteiger partial charge on any atom is 0.333 e.